The van der Waals surface area contributed by atoms with Gasteiger partial charge < -0.3 is 14.5 Å². The Hall–Kier alpha value is -1.88. The Morgan fingerprint density at radius 3 is 2.62 bits per heavy atom. The quantitative estimate of drug-likeness (QED) is 0.834. The molecule has 24 heavy (non-hydrogen) atoms. The summed E-state index contributed by atoms with van der Waals surface area (Å²) in [6, 6.07) is 10.2. The van der Waals surface area contributed by atoms with Gasteiger partial charge in [-0.25, -0.2) is 0 Å². The van der Waals surface area contributed by atoms with Crippen molar-refractivity contribution in [1.29, 1.82) is 0 Å². The molecule has 3 rings (SSSR count). The normalized spacial score (nSPS) is 21.7. The third-order valence-electron chi connectivity index (χ3n) is 4.72. The number of carbonyl (C=O) groups is 1. The molecule has 5 heteroatoms. The van der Waals surface area contributed by atoms with Crippen molar-refractivity contribution in [2.75, 3.05) is 13.1 Å². The van der Waals surface area contributed by atoms with Gasteiger partial charge in [0.05, 0.1) is 18.4 Å². The minimum atomic E-state index is -0.427. The highest BCUT2D eigenvalue weighted by Gasteiger charge is 2.34. The van der Waals surface area contributed by atoms with Gasteiger partial charge in [-0.15, -0.1) is 0 Å². The van der Waals surface area contributed by atoms with E-state index in [0.717, 1.165) is 31.6 Å². The lowest BCUT2D eigenvalue weighted by Gasteiger charge is -2.32. The molecule has 0 spiro atoms. The molecule has 5 nitrogen and oxygen atoms in total. The second kappa shape index (κ2) is 7.79. The summed E-state index contributed by atoms with van der Waals surface area (Å²) in [5.41, 5.74) is 2.17. The summed E-state index contributed by atoms with van der Waals surface area (Å²) in [6.07, 6.45) is 2.18. The molecule has 1 saturated heterocycles. The maximum atomic E-state index is 12.5. The zero-order valence-corrected chi connectivity index (χ0v) is 14.5. The number of piperidine rings is 1. The van der Waals surface area contributed by atoms with Crippen LogP contribution < -0.4 is 0 Å². The van der Waals surface area contributed by atoms with Crippen molar-refractivity contribution < 1.29 is 14.4 Å². The number of hydrogen-bond acceptors (Lipinski definition) is 4. The van der Waals surface area contributed by atoms with Crippen molar-refractivity contribution in [2.24, 2.45) is 11.1 Å². The number of benzene rings is 1. The van der Waals surface area contributed by atoms with Crippen LogP contribution in [0.4, 0.5) is 0 Å². The van der Waals surface area contributed by atoms with Crippen molar-refractivity contribution in [3.8, 4) is 0 Å². The van der Waals surface area contributed by atoms with E-state index in [-0.39, 0.29) is 12.0 Å². The standard InChI is InChI=1S/C19H26N2O3/c1-14(2)17-12-18(24-20-17)19(22)21-10-8-16(9-11-21)23-13-15-6-4-3-5-7-15/h3-7,14,16,18H,8-13H2,1-2H3. The van der Waals surface area contributed by atoms with Gasteiger partial charge in [0, 0.05) is 19.5 Å². The van der Waals surface area contributed by atoms with E-state index in [2.05, 4.69) is 31.1 Å². The number of ether oxygens (including phenoxy) is 1. The molecule has 0 saturated carbocycles. The minimum absolute atomic E-state index is 0.0657. The number of nitrogens with zero attached hydrogens (tertiary/aromatic N) is 2. The maximum absolute atomic E-state index is 12.5. The van der Waals surface area contributed by atoms with Crippen LogP contribution in [0.15, 0.2) is 35.5 Å². The zero-order chi connectivity index (χ0) is 16.9. The summed E-state index contributed by atoms with van der Waals surface area (Å²) < 4.78 is 5.98. The second-order valence-electron chi connectivity index (χ2n) is 6.86. The average Bonchev–Trinajstić information content (AvgIpc) is 3.11. The number of amides is 1. The molecule has 2 aliphatic heterocycles. The Bertz CT molecular complexity index is 578. The Morgan fingerprint density at radius 1 is 1.29 bits per heavy atom. The van der Waals surface area contributed by atoms with Crippen LogP contribution in [0, 0.1) is 5.92 Å². The largest absolute Gasteiger partial charge is 0.382 e. The van der Waals surface area contributed by atoms with Crippen molar-refractivity contribution in [1.82, 2.24) is 4.90 Å². The monoisotopic (exact) mass is 330 g/mol. The molecule has 1 aromatic rings. The Kier molecular flexibility index (Phi) is 5.51. The second-order valence-corrected chi connectivity index (χ2v) is 6.86. The third-order valence-corrected chi connectivity index (χ3v) is 4.72. The van der Waals surface area contributed by atoms with E-state index < -0.39 is 6.10 Å². The fraction of sp³-hybridized carbons (Fsp3) is 0.579. The lowest BCUT2D eigenvalue weighted by Crippen LogP contribution is -2.45. The highest BCUT2D eigenvalue weighted by molar-refractivity contribution is 5.93. The molecular formula is C19H26N2O3. The van der Waals surface area contributed by atoms with E-state index in [1.807, 2.05) is 23.1 Å². The van der Waals surface area contributed by atoms with E-state index in [4.69, 9.17) is 9.57 Å². The van der Waals surface area contributed by atoms with E-state index in [0.29, 0.717) is 18.9 Å². The first-order valence-corrected chi connectivity index (χ1v) is 8.80. The summed E-state index contributed by atoms with van der Waals surface area (Å²) in [7, 11) is 0. The molecular weight excluding hydrogens is 304 g/mol. The topological polar surface area (TPSA) is 51.1 Å². The molecule has 1 amide bonds. The number of oxime groups is 1. The van der Waals surface area contributed by atoms with Gasteiger partial charge in [0.2, 0.25) is 6.10 Å². The molecule has 0 N–H and O–H groups in total. The molecule has 130 valence electrons. The summed E-state index contributed by atoms with van der Waals surface area (Å²) in [6.45, 7) is 6.25. The van der Waals surface area contributed by atoms with Gasteiger partial charge in [0.15, 0.2) is 0 Å². The van der Waals surface area contributed by atoms with Crippen LogP contribution in [0.1, 0.15) is 38.7 Å². The molecule has 1 fully saturated rings. The van der Waals surface area contributed by atoms with Crippen LogP contribution in [0.25, 0.3) is 0 Å². The summed E-state index contributed by atoms with van der Waals surface area (Å²) in [4.78, 5) is 19.8. The number of hydrogen-bond donors (Lipinski definition) is 0. The molecule has 1 aromatic carbocycles. The van der Waals surface area contributed by atoms with Crippen LogP contribution >= 0.6 is 0 Å². The molecule has 0 aliphatic carbocycles. The van der Waals surface area contributed by atoms with Gasteiger partial charge in [-0.1, -0.05) is 49.3 Å². The first kappa shape index (κ1) is 17.0. The highest BCUT2D eigenvalue weighted by Crippen LogP contribution is 2.21. The molecule has 0 radical (unpaired) electrons. The van der Waals surface area contributed by atoms with Crippen LogP contribution in [0.2, 0.25) is 0 Å². The van der Waals surface area contributed by atoms with E-state index >= 15 is 0 Å². The van der Waals surface area contributed by atoms with Gasteiger partial charge in [-0.2, -0.15) is 0 Å². The predicted molar refractivity (Wildman–Crippen MR) is 92.6 cm³/mol. The van der Waals surface area contributed by atoms with Crippen molar-refractivity contribution in [3.05, 3.63) is 35.9 Å². The Balaban J connectivity index is 1.41. The summed E-state index contributed by atoms with van der Waals surface area (Å²) in [5, 5.41) is 4.05. The smallest absolute Gasteiger partial charge is 0.266 e. The van der Waals surface area contributed by atoms with E-state index in [1.165, 1.54) is 5.56 Å². The van der Waals surface area contributed by atoms with Crippen LogP contribution in [0.3, 0.4) is 0 Å². The molecule has 0 bridgehead atoms. The van der Waals surface area contributed by atoms with E-state index in [1.54, 1.807) is 0 Å². The zero-order valence-electron chi connectivity index (χ0n) is 14.5. The molecule has 0 aromatic heterocycles. The van der Waals surface area contributed by atoms with Crippen LogP contribution in [-0.4, -0.2) is 41.8 Å². The van der Waals surface area contributed by atoms with Gasteiger partial charge >= 0.3 is 0 Å². The van der Waals surface area contributed by atoms with Gasteiger partial charge in [-0.05, 0) is 24.3 Å². The summed E-state index contributed by atoms with van der Waals surface area (Å²) >= 11 is 0. The maximum Gasteiger partial charge on any atom is 0.266 e. The molecule has 1 unspecified atom stereocenters. The lowest BCUT2D eigenvalue weighted by atomic mass is 10.0. The predicted octanol–water partition coefficient (Wildman–Crippen LogP) is 3.00. The Labute approximate surface area is 143 Å². The molecule has 2 heterocycles. The van der Waals surface area contributed by atoms with Gasteiger partial charge in [0.1, 0.15) is 0 Å². The SMILES string of the molecule is CC(C)C1=NOC(C(=O)N2CCC(OCc3ccccc3)CC2)C1. The molecule has 1 atom stereocenters. The molecule has 2 aliphatic rings. The fourth-order valence-corrected chi connectivity index (χ4v) is 3.10. The first-order chi connectivity index (χ1) is 11.6. The number of likely N-dealkylation sites (tertiary alicyclic amines) is 1. The summed E-state index contributed by atoms with van der Waals surface area (Å²) in [5.74, 6) is 0.399. The van der Waals surface area contributed by atoms with Crippen molar-refractivity contribution in [3.63, 3.8) is 0 Å². The van der Waals surface area contributed by atoms with Crippen molar-refractivity contribution >= 4 is 11.6 Å². The highest BCUT2D eigenvalue weighted by atomic mass is 16.6. The lowest BCUT2D eigenvalue weighted by molar-refractivity contribution is -0.144. The number of rotatable bonds is 5. The Morgan fingerprint density at radius 2 is 2.00 bits per heavy atom. The fourth-order valence-electron chi connectivity index (χ4n) is 3.10. The minimum Gasteiger partial charge on any atom is -0.382 e. The number of carbonyl (C=O) groups excluding carboxylic acids is 1. The first-order valence-electron chi connectivity index (χ1n) is 8.80. The average molecular weight is 330 g/mol. The van der Waals surface area contributed by atoms with Crippen molar-refractivity contribution in [2.45, 2.75) is 51.9 Å². The van der Waals surface area contributed by atoms with E-state index in [9.17, 15) is 4.79 Å². The van der Waals surface area contributed by atoms with Crippen LogP contribution in [-0.2, 0) is 21.0 Å². The van der Waals surface area contributed by atoms with Gasteiger partial charge in [-0.3, -0.25) is 4.79 Å². The van der Waals surface area contributed by atoms with Gasteiger partial charge in [0.25, 0.3) is 5.91 Å². The third kappa shape index (κ3) is 4.15. The van der Waals surface area contributed by atoms with Crippen LogP contribution in [0.5, 0.6) is 0 Å².